The molecule has 0 aromatic heterocycles. The lowest BCUT2D eigenvalue weighted by Crippen LogP contribution is -2.43. The zero-order valence-electron chi connectivity index (χ0n) is 10.9. The lowest BCUT2D eigenvalue weighted by Gasteiger charge is -2.41. The molecule has 1 amide bonds. The van der Waals surface area contributed by atoms with Gasteiger partial charge in [-0.05, 0) is 36.1 Å². The van der Waals surface area contributed by atoms with Gasteiger partial charge in [-0.15, -0.1) is 0 Å². The molecule has 0 radical (unpaired) electrons. The summed E-state index contributed by atoms with van der Waals surface area (Å²) in [7, 11) is 0. The second-order valence-electron chi connectivity index (χ2n) is 5.80. The fourth-order valence-corrected chi connectivity index (χ4v) is 3.23. The minimum Gasteiger partial charge on any atom is -0.438 e. The van der Waals surface area contributed by atoms with E-state index in [0.29, 0.717) is 0 Å². The Balaban J connectivity index is 2.56. The van der Waals surface area contributed by atoms with Crippen LogP contribution in [0.3, 0.4) is 0 Å². The number of rotatable bonds is 1. The Morgan fingerprint density at radius 3 is 2.67 bits per heavy atom. The summed E-state index contributed by atoms with van der Waals surface area (Å²) in [4.78, 5) is 11.3. The van der Waals surface area contributed by atoms with Crippen LogP contribution in [0, 0.1) is 5.41 Å². The van der Waals surface area contributed by atoms with Gasteiger partial charge in [0.1, 0.15) is 5.60 Å². The van der Waals surface area contributed by atoms with Crippen molar-refractivity contribution in [3.8, 4) is 0 Å². The Kier molecular flexibility index (Phi) is 3.18. The minimum absolute atomic E-state index is 0.193. The smallest absolute Gasteiger partial charge is 0.405 e. The highest BCUT2D eigenvalue weighted by molar-refractivity contribution is 9.10. The van der Waals surface area contributed by atoms with Crippen molar-refractivity contribution in [3.63, 3.8) is 0 Å². The molecule has 1 aliphatic rings. The van der Waals surface area contributed by atoms with Crippen molar-refractivity contribution in [3.05, 3.63) is 33.8 Å². The molecule has 0 unspecified atom stereocenters. The van der Waals surface area contributed by atoms with E-state index in [0.717, 1.165) is 22.9 Å². The summed E-state index contributed by atoms with van der Waals surface area (Å²) in [5.74, 6) is 0. The van der Waals surface area contributed by atoms with Gasteiger partial charge in [0.05, 0.1) is 0 Å². The number of aryl methyl sites for hydroxylation is 1. The Morgan fingerprint density at radius 1 is 1.44 bits per heavy atom. The van der Waals surface area contributed by atoms with E-state index in [1.165, 1.54) is 5.56 Å². The summed E-state index contributed by atoms with van der Waals surface area (Å²) in [6.07, 6.45) is 0.977. The zero-order valence-corrected chi connectivity index (χ0v) is 12.5. The third kappa shape index (κ3) is 2.03. The zero-order chi connectivity index (χ0) is 13.6. The molecule has 1 aromatic carbocycles. The molecule has 0 saturated heterocycles. The van der Waals surface area contributed by atoms with Crippen molar-refractivity contribution in [1.82, 2.24) is 0 Å². The number of halogens is 1. The van der Waals surface area contributed by atoms with Crippen LogP contribution in [0.2, 0.25) is 0 Å². The number of amides is 1. The summed E-state index contributed by atoms with van der Waals surface area (Å²) < 4.78 is 6.60. The normalized spacial score (nSPS) is 22.7. The Bertz CT molecular complexity index is 493. The molecular weight excluding hydrogens is 294 g/mol. The third-order valence-electron chi connectivity index (χ3n) is 3.74. The minimum atomic E-state index is -0.708. The lowest BCUT2D eigenvalue weighted by atomic mass is 9.72. The van der Waals surface area contributed by atoms with Crippen LogP contribution in [0.1, 0.15) is 38.3 Å². The maximum Gasteiger partial charge on any atom is 0.405 e. The Morgan fingerprint density at radius 2 is 2.11 bits per heavy atom. The molecule has 3 nitrogen and oxygen atoms in total. The summed E-state index contributed by atoms with van der Waals surface area (Å²) in [6, 6.07) is 6.10. The monoisotopic (exact) mass is 311 g/mol. The largest absolute Gasteiger partial charge is 0.438 e. The van der Waals surface area contributed by atoms with Crippen LogP contribution in [0.15, 0.2) is 22.7 Å². The number of nitrogens with two attached hydrogens (primary N) is 1. The molecule has 98 valence electrons. The number of hydrogen-bond donors (Lipinski definition) is 1. The Hall–Kier alpha value is -1.03. The molecule has 0 heterocycles. The lowest BCUT2D eigenvalue weighted by molar-refractivity contribution is -0.0694. The van der Waals surface area contributed by atoms with E-state index < -0.39 is 11.7 Å². The number of ether oxygens (including phenoxy) is 1. The molecule has 1 aromatic rings. The van der Waals surface area contributed by atoms with Crippen LogP contribution in [-0.4, -0.2) is 6.09 Å². The number of benzene rings is 1. The van der Waals surface area contributed by atoms with Crippen molar-refractivity contribution in [2.45, 2.75) is 39.2 Å². The fraction of sp³-hybridized carbons (Fsp3) is 0.500. The highest BCUT2D eigenvalue weighted by Crippen LogP contribution is 2.51. The SMILES string of the molecule is CC(C)(C)[C@]1(OC(N)=O)CCc2cc(Br)ccc21. The van der Waals surface area contributed by atoms with Crippen LogP contribution in [-0.2, 0) is 16.8 Å². The van der Waals surface area contributed by atoms with Crippen molar-refractivity contribution in [2.24, 2.45) is 11.1 Å². The van der Waals surface area contributed by atoms with Crippen molar-refractivity contribution < 1.29 is 9.53 Å². The molecule has 2 N–H and O–H groups in total. The van der Waals surface area contributed by atoms with Crippen molar-refractivity contribution >= 4 is 22.0 Å². The third-order valence-corrected chi connectivity index (χ3v) is 4.23. The van der Waals surface area contributed by atoms with E-state index >= 15 is 0 Å². The second kappa shape index (κ2) is 4.26. The maximum atomic E-state index is 11.3. The average molecular weight is 312 g/mol. The van der Waals surface area contributed by atoms with E-state index in [2.05, 4.69) is 42.8 Å². The van der Waals surface area contributed by atoms with Crippen LogP contribution < -0.4 is 5.73 Å². The van der Waals surface area contributed by atoms with Gasteiger partial charge in [0.2, 0.25) is 0 Å². The Labute approximate surface area is 116 Å². The highest BCUT2D eigenvalue weighted by atomic mass is 79.9. The van der Waals surface area contributed by atoms with Gasteiger partial charge in [0, 0.05) is 9.89 Å². The molecule has 0 fully saturated rings. The van der Waals surface area contributed by atoms with Gasteiger partial charge in [-0.2, -0.15) is 0 Å². The van der Waals surface area contributed by atoms with E-state index in [9.17, 15) is 4.79 Å². The van der Waals surface area contributed by atoms with Crippen LogP contribution in [0.25, 0.3) is 0 Å². The van der Waals surface area contributed by atoms with Gasteiger partial charge in [0.25, 0.3) is 0 Å². The topological polar surface area (TPSA) is 52.3 Å². The highest BCUT2D eigenvalue weighted by Gasteiger charge is 2.50. The predicted molar refractivity (Wildman–Crippen MR) is 74.3 cm³/mol. The first kappa shape index (κ1) is 13.4. The molecular formula is C14H18BrNO2. The van der Waals surface area contributed by atoms with Gasteiger partial charge in [-0.25, -0.2) is 4.79 Å². The number of primary amides is 1. The quantitative estimate of drug-likeness (QED) is 0.859. The molecule has 1 atom stereocenters. The number of hydrogen-bond acceptors (Lipinski definition) is 2. The van der Waals surface area contributed by atoms with Gasteiger partial charge < -0.3 is 10.5 Å². The summed E-state index contributed by atoms with van der Waals surface area (Å²) in [5, 5.41) is 0. The van der Waals surface area contributed by atoms with Crippen LogP contribution in [0.4, 0.5) is 4.79 Å². The van der Waals surface area contributed by atoms with E-state index in [-0.39, 0.29) is 5.41 Å². The predicted octanol–water partition coefficient (Wildman–Crippen LogP) is 3.73. The number of carbonyl (C=O) groups excluding carboxylic acids is 1. The van der Waals surface area contributed by atoms with E-state index in [4.69, 9.17) is 10.5 Å². The summed E-state index contributed by atoms with van der Waals surface area (Å²) in [6.45, 7) is 6.23. The van der Waals surface area contributed by atoms with E-state index in [1.54, 1.807) is 0 Å². The molecule has 1 aliphatic carbocycles. The first-order valence-electron chi connectivity index (χ1n) is 6.04. The molecule has 4 heteroatoms. The summed E-state index contributed by atoms with van der Waals surface area (Å²) >= 11 is 3.47. The molecule has 0 spiro atoms. The number of fused-ring (bicyclic) bond motifs is 1. The molecule has 2 rings (SSSR count). The first-order valence-corrected chi connectivity index (χ1v) is 6.83. The molecule has 18 heavy (non-hydrogen) atoms. The standard InChI is InChI=1S/C14H18BrNO2/c1-13(2,3)14(18-12(16)17)7-6-9-8-10(15)4-5-11(9)14/h4-5,8H,6-7H2,1-3H3,(H2,16,17)/t14-/m0/s1. The molecule has 0 saturated carbocycles. The molecule has 0 aliphatic heterocycles. The summed E-state index contributed by atoms with van der Waals surface area (Å²) in [5.41, 5.74) is 6.76. The average Bonchev–Trinajstić information content (AvgIpc) is 2.56. The number of carbonyl (C=O) groups is 1. The van der Waals surface area contributed by atoms with Crippen LogP contribution in [0.5, 0.6) is 0 Å². The maximum absolute atomic E-state index is 11.3. The van der Waals surface area contributed by atoms with Gasteiger partial charge in [0.15, 0.2) is 0 Å². The van der Waals surface area contributed by atoms with Gasteiger partial charge >= 0.3 is 6.09 Å². The van der Waals surface area contributed by atoms with Crippen molar-refractivity contribution in [1.29, 1.82) is 0 Å². The first-order chi connectivity index (χ1) is 8.26. The van der Waals surface area contributed by atoms with Crippen molar-refractivity contribution in [2.75, 3.05) is 0 Å². The molecule has 0 bridgehead atoms. The van der Waals surface area contributed by atoms with Gasteiger partial charge in [-0.1, -0.05) is 42.8 Å². The van der Waals surface area contributed by atoms with Crippen LogP contribution >= 0.6 is 15.9 Å². The second-order valence-corrected chi connectivity index (χ2v) is 6.72. The fourth-order valence-electron chi connectivity index (χ4n) is 2.82. The van der Waals surface area contributed by atoms with Gasteiger partial charge in [-0.3, -0.25) is 0 Å². The van der Waals surface area contributed by atoms with E-state index in [1.807, 2.05) is 12.1 Å².